The molecule has 0 spiro atoms. The van der Waals surface area contributed by atoms with Gasteiger partial charge in [-0.15, -0.1) is 23.1 Å². The average molecular weight is 460 g/mol. The van der Waals surface area contributed by atoms with Crippen molar-refractivity contribution < 1.29 is 14.3 Å². The van der Waals surface area contributed by atoms with Crippen LogP contribution in [0.25, 0.3) is 11.0 Å². The highest BCUT2D eigenvalue weighted by molar-refractivity contribution is 7.98. The Balaban J connectivity index is 2.12. The zero-order valence-electron chi connectivity index (χ0n) is 17.9. The van der Waals surface area contributed by atoms with Gasteiger partial charge in [-0.2, -0.15) is 0 Å². The van der Waals surface area contributed by atoms with Crippen LogP contribution in [0.4, 0.5) is 5.95 Å². The number of allylic oxidation sites excluding steroid dienone is 1. The van der Waals surface area contributed by atoms with Crippen LogP contribution < -0.4 is 11.1 Å². The number of nitrogens with one attached hydrogen (secondary N) is 1. The minimum absolute atomic E-state index is 0.249. The summed E-state index contributed by atoms with van der Waals surface area (Å²) in [6.45, 7) is 4.73. The molecule has 0 aliphatic rings. The van der Waals surface area contributed by atoms with Crippen LogP contribution in [0.15, 0.2) is 29.2 Å². The van der Waals surface area contributed by atoms with Gasteiger partial charge in [-0.25, -0.2) is 14.8 Å². The zero-order valence-corrected chi connectivity index (χ0v) is 19.5. The molecule has 31 heavy (non-hydrogen) atoms. The maximum atomic E-state index is 13.0. The van der Waals surface area contributed by atoms with E-state index in [0.29, 0.717) is 41.4 Å². The Kier molecular flexibility index (Phi) is 7.47. The minimum Gasteiger partial charge on any atom is -0.465 e. The number of aromatic nitrogens is 3. The van der Waals surface area contributed by atoms with E-state index in [-0.39, 0.29) is 5.91 Å². The molecule has 0 saturated carbocycles. The molecule has 0 unspecified atom stereocenters. The highest BCUT2D eigenvalue weighted by Gasteiger charge is 2.21. The second kappa shape index (κ2) is 10.1. The van der Waals surface area contributed by atoms with E-state index in [1.54, 1.807) is 12.1 Å². The number of nitrogens with zero attached hydrogens (tertiary/aromatic N) is 3. The fourth-order valence-corrected chi connectivity index (χ4v) is 4.77. The quantitative estimate of drug-likeness (QED) is 0.300. The first kappa shape index (κ1) is 23.0. The number of fused-ring (bicyclic) bond motifs is 1. The fraction of sp³-hybridized carbons (Fsp3) is 0.333. The van der Waals surface area contributed by atoms with E-state index in [4.69, 9.17) is 10.5 Å². The molecular formula is C21H25N5O3S2. The highest BCUT2D eigenvalue weighted by atomic mass is 32.2. The number of anilines is 1. The number of esters is 1. The van der Waals surface area contributed by atoms with Crippen LogP contribution in [0.2, 0.25) is 0 Å². The normalized spacial score (nSPS) is 11.4. The SMILES string of the molecule is CCc1nc(C)sc1C(=O)Nc1nc2cc(C(=O)OC)cc(SC)c2n1C/C=C/CN. The number of carbonyl (C=O) groups excluding carboxylic acids is 2. The van der Waals surface area contributed by atoms with Gasteiger partial charge in [0.1, 0.15) is 4.88 Å². The summed E-state index contributed by atoms with van der Waals surface area (Å²) in [5.41, 5.74) is 8.19. The van der Waals surface area contributed by atoms with Crippen LogP contribution in [0.5, 0.6) is 0 Å². The molecule has 2 heterocycles. The number of carbonyl (C=O) groups is 2. The summed E-state index contributed by atoms with van der Waals surface area (Å²) in [5.74, 6) is -0.291. The zero-order chi connectivity index (χ0) is 22.5. The summed E-state index contributed by atoms with van der Waals surface area (Å²) in [5, 5.41) is 3.78. The van der Waals surface area contributed by atoms with Crippen LogP contribution in [0.1, 0.15) is 37.7 Å². The molecule has 0 bridgehead atoms. The highest BCUT2D eigenvalue weighted by Crippen LogP contribution is 2.32. The van der Waals surface area contributed by atoms with Gasteiger partial charge in [0.05, 0.1) is 34.4 Å². The summed E-state index contributed by atoms with van der Waals surface area (Å²) in [6, 6.07) is 3.45. The number of hydrogen-bond acceptors (Lipinski definition) is 8. The number of rotatable bonds is 8. The van der Waals surface area contributed by atoms with Crippen molar-refractivity contribution in [1.29, 1.82) is 0 Å². The van der Waals surface area contributed by atoms with Gasteiger partial charge in [-0.3, -0.25) is 10.1 Å². The first-order valence-electron chi connectivity index (χ1n) is 9.72. The van der Waals surface area contributed by atoms with Crippen LogP contribution in [-0.2, 0) is 17.7 Å². The fourth-order valence-electron chi connectivity index (χ4n) is 3.22. The molecule has 164 valence electrons. The molecule has 1 amide bonds. The van der Waals surface area contributed by atoms with Gasteiger partial charge in [0.2, 0.25) is 5.95 Å². The lowest BCUT2D eigenvalue weighted by Crippen LogP contribution is -2.16. The summed E-state index contributed by atoms with van der Waals surface area (Å²) in [7, 11) is 1.34. The second-order valence-electron chi connectivity index (χ2n) is 6.61. The van der Waals surface area contributed by atoms with Crippen LogP contribution in [-0.4, -0.2) is 46.3 Å². The molecule has 2 aromatic heterocycles. The third kappa shape index (κ3) is 4.81. The molecule has 10 heteroatoms. The van der Waals surface area contributed by atoms with Crippen molar-refractivity contribution in [2.24, 2.45) is 5.73 Å². The molecule has 3 rings (SSSR count). The van der Waals surface area contributed by atoms with Crippen molar-refractivity contribution in [2.75, 3.05) is 25.2 Å². The molecule has 8 nitrogen and oxygen atoms in total. The predicted octanol–water partition coefficient (Wildman–Crippen LogP) is 3.64. The number of hydrogen-bond donors (Lipinski definition) is 2. The Morgan fingerprint density at radius 2 is 2.10 bits per heavy atom. The number of aryl methyl sites for hydroxylation is 2. The van der Waals surface area contributed by atoms with Crippen LogP contribution >= 0.6 is 23.1 Å². The largest absolute Gasteiger partial charge is 0.465 e. The number of thiazole rings is 1. The summed E-state index contributed by atoms with van der Waals surface area (Å²) in [4.78, 5) is 35.6. The molecule has 0 aliphatic heterocycles. The Hall–Kier alpha value is -2.69. The van der Waals surface area contributed by atoms with E-state index >= 15 is 0 Å². The number of thioether (sulfide) groups is 1. The topological polar surface area (TPSA) is 112 Å². The number of nitrogens with two attached hydrogens (primary N) is 1. The first-order valence-corrected chi connectivity index (χ1v) is 11.8. The van der Waals surface area contributed by atoms with Crippen molar-refractivity contribution in [3.8, 4) is 0 Å². The average Bonchev–Trinajstić information content (AvgIpc) is 3.32. The lowest BCUT2D eigenvalue weighted by molar-refractivity contribution is 0.0600. The maximum absolute atomic E-state index is 13.0. The molecule has 0 aliphatic carbocycles. The molecular weight excluding hydrogens is 434 g/mol. The monoisotopic (exact) mass is 459 g/mol. The van der Waals surface area contributed by atoms with Gasteiger partial charge in [0.25, 0.3) is 5.91 Å². The van der Waals surface area contributed by atoms with E-state index in [0.717, 1.165) is 21.1 Å². The number of benzene rings is 1. The van der Waals surface area contributed by atoms with Crippen molar-refractivity contribution in [2.45, 2.75) is 31.7 Å². The van der Waals surface area contributed by atoms with Crippen LogP contribution in [0.3, 0.4) is 0 Å². The van der Waals surface area contributed by atoms with Gasteiger partial charge >= 0.3 is 5.97 Å². The van der Waals surface area contributed by atoms with E-state index < -0.39 is 5.97 Å². The van der Waals surface area contributed by atoms with Crippen molar-refractivity contribution in [1.82, 2.24) is 14.5 Å². The van der Waals surface area contributed by atoms with Crippen molar-refractivity contribution >= 4 is 52.0 Å². The molecule has 3 N–H and O–H groups in total. The molecule has 3 aromatic rings. The molecule has 1 aromatic carbocycles. The van der Waals surface area contributed by atoms with Gasteiger partial charge in [0, 0.05) is 18.0 Å². The smallest absolute Gasteiger partial charge is 0.337 e. The minimum atomic E-state index is -0.437. The Morgan fingerprint density at radius 1 is 1.32 bits per heavy atom. The van der Waals surface area contributed by atoms with Crippen molar-refractivity contribution in [3.05, 3.63) is 45.4 Å². The van der Waals surface area contributed by atoms with Crippen LogP contribution in [0, 0.1) is 6.92 Å². The van der Waals surface area contributed by atoms with E-state index in [1.807, 2.05) is 36.8 Å². The Morgan fingerprint density at radius 3 is 2.74 bits per heavy atom. The molecule has 0 atom stereocenters. The lowest BCUT2D eigenvalue weighted by Gasteiger charge is -2.10. The number of methoxy groups -OCH3 is 1. The van der Waals surface area contributed by atoms with Gasteiger partial charge in [-0.05, 0) is 31.7 Å². The summed E-state index contributed by atoms with van der Waals surface area (Å²) >= 11 is 2.86. The number of imidazole rings is 1. The van der Waals surface area contributed by atoms with Gasteiger partial charge in [0.15, 0.2) is 0 Å². The molecule has 0 radical (unpaired) electrons. The summed E-state index contributed by atoms with van der Waals surface area (Å²) in [6.07, 6.45) is 6.36. The third-order valence-corrected chi connectivity index (χ3v) is 6.37. The maximum Gasteiger partial charge on any atom is 0.337 e. The predicted molar refractivity (Wildman–Crippen MR) is 125 cm³/mol. The third-order valence-electron chi connectivity index (χ3n) is 4.61. The Labute approximate surface area is 188 Å². The lowest BCUT2D eigenvalue weighted by atomic mass is 10.2. The number of amides is 1. The van der Waals surface area contributed by atoms with Gasteiger partial charge in [-0.1, -0.05) is 19.1 Å². The van der Waals surface area contributed by atoms with E-state index in [2.05, 4.69) is 15.3 Å². The standard InChI is InChI=1S/C21H25N5O3S2/c1-5-14-18(31-12(2)23-14)19(27)25-21-24-15-10-13(20(28)29-3)11-16(30-4)17(15)26(21)9-7-6-8-22/h6-7,10-11H,5,8-9,22H2,1-4H3,(H,24,25,27)/b7-6+. The molecule has 0 fully saturated rings. The number of ether oxygens (including phenoxy) is 1. The summed E-state index contributed by atoms with van der Waals surface area (Å²) < 4.78 is 6.78. The second-order valence-corrected chi connectivity index (χ2v) is 8.66. The first-order chi connectivity index (χ1) is 14.9. The van der Waals surface area contributed by atoms with E-state index in [9.17, 15) is 9.59 Å². The Bertz CT molecular complexity index is 1150. The van der Waals surface area contributed by atoms with Crippen molar-refractivity contribution in [3.63, 3.8) is 0 Å². The molecule has 0 saturated heterocycles. The van der Waals surface area contributed by atoms with Gasteiger partial charge < -0.3 is 15.0 Å². The van der Waals surface area contributed by atoms with E-state index in [1.165, 1.54) is 30.2 Å².